The summed E-state index contributed by atoms with van der Waals surface area (Å²) in [5, 5.41) is 0. The number of hydrogen-bond donors (Lipinski definition) is 0. The van der Waals surface area contributed by atoms with E-state index in [1.807, 2.05) is 18.7 Å². The van der Waals surface area contributed by atoms with Crippen molar-refractivity contribution in [1.29, 1.82) is 0 Å². The number of thioether (sulfide) groups is 1. The first kappa shape index (κ1) is 12.8. The number of rotatable bonds is 8. The molecule has 0 atom stereocenters. The highest BCUT2D eigenvalue weighted by molar-refractivity contribution is 7.99. The molecule has 0 heterocycles. The molecule has 0 aliphatic carbocycles. The second-order valence-electron chi connectivity index (χ2n) is 2.87. The fourth-order valence-corrected chi connectivity index (χ4v) is 1.95. The Balaban J connectivity index is 3.02. The van der Waals surface area contributed by atoms with Crippen LogP contribution in [0.3, 0.4) is 0 Å². The van der Waals surface area contributed by atoms with Gasteiger partial charge in [-0.3, -0.25) is 4.79 Å². The summed E-state index contributed by atoms with van der Waals surface area (Å²) in [6.07, 6.45) is 4.06. The van der Waals surface area contributed by atoms with Crippen LogP contribution in [0.25, 0.3) is 0 Å². The highest BCUT2D eigenvalue weighted by atomic mass is 32.2. The summed E-state index contributed by atoms with van der Waals surface area (Å²) in [4.78, 5) is 10.9. The lowest BCUT2D eigenvalue weighted by Crippen LogP contribution is -2.03. The van der Waals surface area contributed by atoms with Crippen molar-refractivity contribution >= 4 is 17.7 Å². The lowest BCUT2D eigenvalue weighted by Gasteiger charge is -2.01. The summed E-state index contributed by atoms with van der Waals surface area (Å²) in [5.74, 6) is 2.25. The Morgan fingerprint density at radius 1 is 1.23 bits per heavy atom. The number of unbranched alkanes of at least 4 members (excludes halogenated alkanes) is 1. The molecule has 3 heteroatoms. The average molecular weight is 204 g/mol. The molecule has 0 saturated heterocycles. The van der Waals surface area contributed by atoms with Crippen molar-refractivity contribution in [2.24, 2.45) is 0 Å². The second-order valence-corrected chi connectivity index (χ2v) is 4.10. The van der Waals surface area contributed by atoms with Crippen LogP contribution in [-0.4, -0.2) is 24.1 Å². The van der Waals surface area contributed by atoms with E-state index in [9.17, 15) is 4.79 Å². The molecule has 0 aromatic rings. The van der Waals surface area contributed by atoms with Gasteiger partial charge in [-0.15, -0.1) is 0 Å². The number of carbonyl (C=O) groups excluding carboxylic acids is 1. The summed E-state index contributed by atoms with van der Waals surface area (Å²) < 4.78 is 4.82. The summed E-state index contributed by atoms with van der Waals surface area (Å²) in [7, 11) is 0. The van der Waals surface area contributed by atoms with Crippen LogP contribution in [0, 0.1) is 0 Å². The molecular weight excluding hydrogens is 184 g/mol. The molecule has 78 valence electrons. The van der Waals surface area contributed by atoms with Crippen molar-refractivity contribution in [2.45, 2.75) is 39.5 Å². The fraction of sp³-hybridized carbons (Fsp3) is 0.900. The van der Waals surface area contributed by atoms with Gasteiger partial charge in [0.1, 0.15) is 0 Å². The molecule has 13 heavy (non-hydrogen) atoms. The lowest BCUT2D eigenvalue weighted by molar-refractivity contribution is -0.143. The average Bonchev–Trinajstić information content (AvgIpc) is 2.11. The summed E-state index contributed by atoms with van der Waals surface area (Å²) in [6.45, 7) is 4.54. The van der Waals surface area contributed by atoms with Crippen molar-refractivity contribution in [1.82, 2.24) is 0 Å². The van der Waals surface area contributed by atoms with Crippen molar-refractivity contribution in [2.75, 3.05) is 18.1 Å². The number of hydrogen-bond acceptors (Lipinski definition) is 3. The Morgan fingerprint density at radius 2 is 1.92 bits per heavy atom. The summed E-state index contributed by atoms with van der Waals surface area (Å²) >= 11 is 1.93. The first-order chi connectivity index (χ1) is 6.31. The Bertz CT molecular complexity index is 126. The van der Waals surface area contributed by atoms with Crippen molar-refractivity contribution in [3.05, 3.63) is 0 Å². The minimum atomic E-state index is -0.0569. The van der Waals surface area contributed by atoms with E-state index in [2.05, 4.69) is 6.92 Å². The number of carbonyl (C=O) groups is 1. The van der Waals surface area contributed by atoms with E-state index in [-0.39, 0.29) is 5.97 Å². The molecule has 0 spiro atoms. The Morgan fingerprint density at radius 3 is 2.54 bits per heavy atom. The third-order valence-electron chi connectivity index (χ3n) is 1.62. The van der Waals surface area contributed by atoms with Gasteiger partial charge in [-0.2, -0.15) is 11.8 Å². The maximum Gasteiger partial charge on any atom is 0.305 e. The van der Waals surface area contributed by atoms with E-state index in [0.717, 1.165) is 12.2 Å². The van der Waals surface area contributed by atoms with E-state index in [0.29, 0.717) is 13.0 Å². The van der Waals surface area contributed by atoms with Crippen molar-refractivity contribution in [3.8, 4) is 0 Å². The third-order valence-corrected chi connectivity index (χ3v) is 2.77. The van der Waals surface area contributed by atoms with E-state index >= 15 is 0 Å². The van der Waals surface area contributed by atoms with Gasteiger partial charge in [0.2, 0.25) is 0 Å². The molecule has 0 N–H and O–H groups in total. The van der Waals surface area contributed by atoms with Gasteiger partial charge in [0.05, 0.1) is 6.61 Å². The van der Waals surface area contributed by atoms with Crippen LogP contribution in [0.2, 0.25) is 0 Å². The standard InChI is InChI=1S/C10H20O2S/c1-3-5-8-13-9-6-7-10(11)12-4-2/h3-9H2,1-2H3. The summed E-state index contributed by atoms with van der Waals surface area (Å²) in [6, 6.07) is 0. The molecule has 0 aliphatic rings. The van der Waals surface area contributed by atoms with Crippen molar-refractivity contribution in [3.63, 3.8) is 0 Å². The second kappa shape index (κ2) is 9.90. The predicted molar refractivity (Wildman–Crippen MR) is 58.1 cm³/mol. The van der Waals surface area contributed by atoms with Crippen LogP contribution in [0.1, 0.15) is 39.5 Å². The largest absolute Gasteiger partial charge is 0.466 e. The molecule has 0 amide bonds. The van der Waals surface area contributed by atoms with Gasteiger partial charge in [-0.25, -0.2) is 0 Å². The Hall–Kier alpha value is -0.180. The number of ether oxygens (including phenoxy) is 1. The predicted octanol–water partition coefficient (Wildman–Crippen LogP) is 2.86. The molecule has 0 aliphatic heterocycles. The third kappa shape index (κ3) is 9.74. The molecule has 0 bridgehead atoms. The van der Waals surface area contributed by atoms with Crippen molar-refractivity contribution < 1.29 is 9.53 Å². The van der Waals surface area contributed by atoms with E-state index in [1.54, 1.807) is 0 Å². The molecule has 0 saturated carbocycles. The highest BCUT2D eigenvalue weighted by Crippen LogP contribution is 2.07. The quantitative estimate of drug-likeness (QED) is 0.449. The van der Waals surface area contributed by atoms with Crippen LogP contribution in [0.4, 0.5) is 0 Å². The van der Waals surface area contributed by atoms with Gasteiger partial charge in [0.25, 0.3) is 0 Å². The summed E-state index contributed by atoms with van der Waals surface area (Å²) in [5.41, 5.74) is 0. The van der Waals surface area contributed by atoms with E-state index in [1.165, 1.54) is 18.6 Å². The minimum Gasteiger partial charge on any atom is -0.466 e. The molecule has 2 nitrogen and oxygen atoms in total. The molecular formula is C10H20O2S. The van der Waals surface area contributed by atoms with Crippen LogP contribution >= 0.6 is 11.8 Å². The maximum absolute atomic E-state index is 10.9. The van der Waals surface area contributed by atoms with Crippen LogP contribution in [0.5, 0.6) is 0 Å². The van der Waals surface area contributed by atoms with Gasteiger partial charge >= 0.3 is 5.97 Å². The molecule has 0 rings (SSSR count). The highest BCUT2D eigenvalue weighted by Gasteiger charge is 1.99. The first-order valence-electron chi connectivity index (χ1n) is 5.04. The molecule has 0 radical (unpaired) electrons. The monoisotopic (exact) mass is 204 g/mol. The molecule has 0 aromatic heterocycles. The zero-order valence-electron chi connectivity index (χ0n) is 8.67. The zero-order chi connectivity index (χ0) is 9.94. The molecule has 0 aromatic carbocycles. The van der Waals surface area contributed by atoms with E-state index in [4.69, 9.17) is 4.74 Å². The van der Waals surface area contributed by atoms with Gasteiger partial charge in [-0.05, 0) is 31.3 Å². The number of esters is 1. The van der Waals surface area contributed by atoms with Gasteiger partial charge in [0, 0.05) is 6.42 Å². The molecule has 0 unspecified atom stereocenters. The minimum absolute atomic E-state index is 0.0569. The van der Waals surface area contributed by atoms with Gasteiger partial charge in [-0.1, -0.05) is 13.3 Å². The molecule has 0 fully saturated rings. The smallest absolute Gasteiger partial charge is 0.305 e. The van der Waals surface area contributed by atoms with Crippen LogP contribution in [0.15, 0.2) is 0 Å². The fourth-order valence-electron chi connectivity index (χ4n) is 0.900. The van der Waals surface area contributed by atoms with Crippen LogP contribution < -0.4 is 0 Å². The Kier molecular flexibility index (Phi) is 9.77. The SMILES string of the molecule is CCCCSCCCC(=O)OCC. The van der Waals surface area contributed by atoms with E-state index < -0.39 is 0 Å². The van der Waals surface area contributed by atoms with Gasteiger partial charge in [0.15, 0.2) is 0 Å². The normalized spacial score (nSPS) is 10.0. The lowest BCUT2D eigenvalue weighted by atomic mass is 10.3. The zero-order valence-corrected chi connectivity index (χ0v) is 9.49. The van der Waals surface area contributed by atoms with Crippen LogP contribution in [-0.2, 0) is 9.53 Å². The maximum atomic E-state index is 10.9. The Labute approximate surface area is 85.4 Å². The topological polar surface area (TPSA) is 26.3 Å². The first-order valence-corrected chi connectivity index (χ1v) is 6.20. The van der Waals surface area contributed by atoms with Gasteiger partial charge < -0.3 is 4.74 Å².